The van der Waals surface area contributed by atoms with E-state index in [1.54, 1.807) is 6.20 Å². The number of sulfone groups is 1. The zero-order valence-corrected chi connectivity index (χ0v) is 17.7. The van der Waals surface area contributed by atoms with Crippen molar-refractivity contribution < 1.29 is 13.2 Å². The molecule has 0 unspecified atom stereocenters. The van der Waals surface area contributed by atoms with Gasteiger partial charge in [0.15, 0.2) is 0 Å². The van der Waals surface area contributed by atoms with Crippen LogP contribution in [-0.4, -0.2) is 54.2 Å². The van der Waals surface area contributed by atoms with Crippen LogP contribution in [0.4, 0.5) is 0 Å². The fourth-order valence-electron chi connectivity index (χ4n) is 3.30. The average Bonchev–Trinajstić information content (AvgIpc) is 2.88. The van der Waals surface area contributed by atoms with Gasteiger partial charge in [0.25, 0.3) is 0 Å². The molecular formula is C19H34N4O3S. The molecule has 0 saturated carbocycles. The second-order valence-corrected chi connectivity index (χ2v) is 9.77. The van der Waals surface area contributed by atoms with Gasteiger partial charge in [0.05, 0.1) is 17.6 Å². The van der Waals surface area contributed by atoms with Crippen LogP contribution in [0.2, 0.25) is 0 Å². The highest BCUT2D eigenvalue weighted by atomic mass is 32.2. The normalized spacial score (nSPS) is 16.5. The first kappa shape index (κ1) is 21.9. The molecule has 0 aliphatic carbocycles. The summed E-state index contributed by atoms with van der Waals surface area (Å²) in [7, 11) is -3.39. The van der Waals surface area contributed by atoms with E-state index in [1.807, 2.05) is 4.57 Å². The molecule has 2 rings (SSSR count). The van der Waals surface area contributed by atoms with E-state index in [4.69, 9.17) is 0 Å². The van der Waals surface area contributed by atoms with Crippen LogP contribution in [-0.2, 0) is 27.7 Å². The molecule has 1 N–H and O–H groups in total. The maximum atomic E-state index is 12.8. The highest BCUT2D eigenvalue weighted by Gasteiger charge is 2.24. The first-order valence-corrected chi connectivity index (χ1v) is 11.7. The van der Waals surface area contributed by atoms with Gasteiger partial charge >= 0.3 is 0 Å². The van der Waals surface area contributed by atoms with E-state index in [0.29, 0.717) is 44.9 Å². The average molecular weight is 399 g/mol. The number of rotatable bonds is 10. The number of aromatic nitrogens is 2. The minimum atomic E-state index is -3.39. The summed E-state index contributed by atoms with van der Waals surface area (Å²) in [6.07, 6.45) is 5.64. The van der Waals surface area contributed by atoms with Crippen molar-refractivity contribution in [2.75, 3.05) is 25.4 Å². The monoisotopic (exact) mass is 398 g/mol. The quantitative estimate of drug-likeness (QED) is 0.653. The van der Waals surface area contributed by atoms with Crippen LogP contribution < -0.4 is 5.32 Å². The SMILES string of the molecule is CCCCn1c(CN2CCNC(=O)CC2)cnc1S(=O)(=O)CCCC(C)C. The number of carbonyl (C=O) groups is 1. The van der Waals surface area contributed by atoms with E-state index in [0.717, 1.165) is 31.5 Å². The predicted molar refractivity (Wildman–Crippen MR) is 106 cm³/mol. The third kappa shape index (κ3) is 6.60. The summed E-state index contributed by atoms with van der Waals surface area (Å²) < 4.78 is 27.6. The number of unbranched alkanes of at least 4 members (excludes halogenated alkanes) is 1. The van der Waals surface area contributed by atoms with Crippen LogP contribution in [0.25, 0.3) is 0 Å². The summed E-state index contributed by atoms with van der Waals surface area (Å²) in [5.74, 6) is 0.718. The summed E-state index contributed by atoms with van der Waals surface area (Å²) in [4.78, 5) is 18.0. The van der Waals surface area contributed by atoms with Gasteiger partial charge in [0, 0.05) is 39.1 Å². The van der Waals surface area contributed by atoms with E-state index in [-0.39, 0.29) is 16.8 Å². The number of hydrogen-bond acceptors (Lipinski definition) is 5. The Morgan fingerprint density at radius 2 is 2.04 bits per heavy atom. The lowest BCUT2D eigenvalue weighted by molar-refractivity contribution is -0.120. The number of hydrogen-bond donors (Lipinski definition) is 1. The summed E-state index contributed by atoms with van der Waals surface area (Å²) in [5, 5.41) is 3.08. The maximum absolute atomic E-state index is 12.8. The molecule has 0 atom stereocenters. The molecule has 1 saturated heterocycles. The van der Waals surface area contributed by atoms with Gasteiger partial charge in [-0.15, -0.1) is 0 Å². The molecule has 8 heteroatoms. The van der Waals surface area contributed by atoms with Crippen molar-refractivity contribution in [3.63, 3.8) is 0 Å². The smallest absolute Gasteiger partial charge is 0.227 e. The van der Waals surface area contributed by atoms with Crippen molar-refractivity contribution in [2.45, 2.75) is 71.1 Å². The third-order valence-electron chi connectivity index (χ3n) is 4.90. The highest BCUT2D eigenvalue weighted by Crippen LogP contribution is 2.18. The van der Waals surface area contributed by atoms with Gasteiger partial charge < -0.3 is 9.88 Å². The van der Waals surface area contributed by atoms with Gasteiger partial charge in [-0.25, -0.2) is 13.4 Å². The van der Waals surface area contributed by atoms with Crippen molar-refractivity contribution in [2.24, 2.45) is 5.92 Å². The first-order valence-electron chi connectivity index (χ1n) is 10.1. The van der Waals surface area contributed by atoms with Gasteiger partial charge in [0.1, 0.15) is 0 Å². The fraction of sp³-hybridized carbons (Fsp3) is 0.789. The Hall–Kier alpha value is -1.41. The van der Waals surface area contributed by atoms with Crippen molar-refractivity contribution in [3.05, 3.63) is 11.9 Å². The second-order valence-electron chi connectivity index (χ2n) is 7.77. The largest absolute Gasteiger partial charge is 0.355 e. The lowest BCUT2D eigenvalue weighted by Crippen LogP contribution is -2.29. The van der Waals surface area contributed by atoms with Crippen LogP contribution in [0.15, 0.2) is 11.4 Å². The Morgan fingerprint density at radius 1 is 1.26 bits per heavy atom. The zero-order chi connectivity index (χ0) is 19.9. The van der Waals surface area contributed by atoms with Gasteiger partial charge in [0.2, 0.25) is 20.9 Å². The summed E-state index contributed by atoms with van der Waals surface area (Å²) in [5.41, 5.74) is 0.917. The van der Waals surface area contributed by atoms with Crippen LogP contribution in [0.1, 0.15) is 58.6 Å². The van der Waals surface area contributed by atoms with Crippen molar-refractivity contribution >= 4 is 15.7 Å². The Bertz CT molecular complexity index is 713. The second kappa shape index (κ2) is 10.2. The van der Waals surface area contributed by atoms with Crippen LogP contribution in [0.3, 0.4) is 0 Å². The predicted octanol–water partition coefficient (Wildman–Crippen LogP) is 2.21. The van der Waals surface area contributed by atoms with Gasteiger partial charge in [-0.05, 0) is 25.2 Å². The van der Waals surface area contributed by atoms with Crippen LogP contribution in [0.5, 0.6) is 0 Å². The molecule has 2 heterocycles. The number of amides is 1. The number of imidazole rings is 1. The third-order valence-corrected chi connectivity index (χ3v) is 6.61. The van der Waals surface area contributed by atoms with Crippen molar-refractivity contribution in [1.29, 1.82) is 0 Å². The van der Waals surface area contributed by atoms with Crippen LogP contribution in [0, 0.1) is 5.92 Å². The number of nitrogens with one attached hydrogen (secondary N) is 1. The molecule has 27 heavy (non-hydrogen) atoms. The summed E-state index contributed by atoms with van der Waals surface area (Å²) in [6.45, 7) is 9.66. The minimum absolute atomic E-state index is 0.0745. The Kier molecular flexibility index (Phi) is 8.28. The zero-order valence-electron chi connectivity index (χ0n) is 16.9. The molecule has 1 aromatic heterocycles. The molecule has 1 aliphatic heterocycles. The standard InChI is InChI=1S/C19H34N4O3S/c1-4-5-10-23-17(15-22-11-8-18(24)20-9-12-22)14-21-19(23)27(25,26)13-6-7-16(2)3/h14,16H,4-13,15H2,1-3H3,(H,20,24). The maximum Gasteiger partial charge on any atom is 0.227 e. The van der Waals surface area contributed by atoms with E-state index < -0.39 is 9.84 Å². The van der Waals surface area contributed by atoms with Gasteiger partial charge in [-0.3, -0.25) is 9.69 Å². The number of carbonyl (C=O) groups excluding carboxylic acids is 1. The van der Waals surface area contributed by atoms with Gasteiger partial charge in [-0.1, -0.05) is 27.2 Å². The molecule has 0 radical (unpaired) electrons. The highest BCUT2D eigenvalue weighted by molar-refractivity contribution is 7.91. The van der Waals surface area contributed by atoms with E-state index in [9.17, 15) is 13.2 Å². The number of nitrogens with zero attached hydrogens (tertiary/aromatic N) is 3. The molecular weight excluding hydrogens is 364 g/mol. The summed E-state index contributed by atoms with van der Waals surface area (Å²) >= 11 is 0. The topological polar surface area (TPSA) is 84.3 Å². The van der Waals surface area contributed by atoms with Gasteiger partial charge in [-0.2, -0.15) is 0 Å². The lowest BCUT2D eigenvalue weighted by atomic mass is 10.1. The molecule has 1 aromatic rings. The van der Waals surface area contributed by atoms with Crippen molar-refractivity contribution in [1.82, 2.24) is 19.8 Å². The van der Waals surface area contributed by atoms with E-state index >= 15 is 0 Å². The Morgan fingerprint density at radius 3 is 2.74 bits per heavy atom. The van der Waals surface area contributed by atoms with E-state index in [1.165, 1.54) is 0 Å². The minimum Gasteiger partial charge on any atom is -0.355 e. The molecule has 1 amide bonds. The molecule has 0 spiro atoms. The Balaban J connectivity index is 2.16. The molecule has 0 aromatic carbocycles. The molecule has 1 fully saturated rings. The summed E-state index contributed by atoms with van der Waals surface area (Å²) in [6, 6.07) is 0. The Labute approximate surface area is 163 Å². The molecule has 154 valence electrons. The lowest BCUT2D eigenvalue weighted by Gasteiger charge is -2.20. The van der Waals surface area contributed by atoms with Crippen LogP contribution >= 0.6 is 0 Å². The molecule has 1 aliphatic rings. The van der Waals surface area contributed by atoms with Crippen molar-refractivity contribution in [3.8, 4) is 0 Å². The molecule has 7 nitrogen and oxygen atoms in total. The molecule has 0 bridgehead atoms. The fourth-order valence-corrected chi connectivity index (χ4v) is 4.78. The first-order chi connectivity index (χ1) is 12.8. The van der Waals surface area contributed by atoms with E-state index in [2.05, 4.69) is 36.0 Å².